The van der Waals surface area contributed by atoms with E-state index in [2.05, 4.69) is 40.3 Å². The van der Waals surface area contributed by atoms with Gasteiger partial charge in [0.1, 0.15) is 14.7 Å². The Morgan fingerprint density at radius 1 is 1.37 bits per heavy atom. The molecule has 0 bridgehead atoms. The highest BCUT2D eigenvalue weighted by molar-refractivity contribution is 7.21. The lowest BCUT2D eigenvalue weighted by molar-refractivity contribution is 0.103. The number of carbonyl (C=O) groups excluding carboxylic acids is 1. The van der Waals surface area contributed by atoms with Gasteiger partial charge in [0.2, 0.25) is 5.13 Å². The lowest BCUT2D eigenvalue weighted by atomic mass is 10.0. The van der Waals surface area contributed by atoms with Crippen molar-refractivity contribution in [2.45, 2.75) is 46.2 Å². The summed E-state index contributed by atoms with van der Waals surface area (Å²) in [5.74, 6) is -0.254. The van der Waals surface area contributed by atoms with Gasteiger partial charge >= 0.3 is 0 Å². The van der Waals surface area contributed by atoms with Gasteiger partial charge in [0.25, 0.3) is 5.91 Å². The van der Waals surface area contributed by atoms with E-state index in [4.69, 9.17) is 10.7 Å². The second-order valence-corrected chi connectivity index (χ2v) is 8.98. The van der Waals surface area contributed by atoms with Crippen LogP contribution in [0.2, 0.25) is 0 Å². The van der Waals surface area contributed by atoms with Crippen LogP contribution in [-0.2, 0) is 19.4 Å². The molecule has 27 heavy (non-hydrogen) atoms. The van der Waals surface area contributed by atoms with Crippen molar-refractivity contribution in [3.8, 4) is 0 Å². The zero-order chi connectivity index (χ0) is 19.1. The third kappa shape index (κ3) is 3.42. The largest absolute Gasteiger partial charge is 0.397 e. The highest BCUT2D eigenvalue weighted by Gasteiger charge is 2.24. The van der Waals surface area contributed by atoms with Gasteiger partial charge in [-0.25, -0.2) is 4.98 Å². The van der Waals surface area contributed by atoms with Crippen LogP contribution in [0.4, 0.5) is 10.8 Å². The fourth-order valence-electron chi connectivity index (χ4n) is 3.23. The SMILES string of the molecule is CCc1nnc(NC(=O)c2sc3nc4c(cc3c2N)CN(C(C)C)CC4)s1. The number of nitrogens with two attached hydrogens (primary N) is 1. The quantitative estimate of drug-likeness (QED) is 0.695. The smallest absolute Gasteiger partial charge is 0.269 e. The minimum atomic E-state index is -0.254. The predicted molar refractivity (Wildman–Crippen MR) is 111 cm³/mol. The Kier molecular flexibility index (Phi) is 4.83. The number of pyridine rings is 1. The summed E-state index contributed by atoms with van der Waals surface area (Å²) in [6.07, 6.45) is 1.72. The zero-order valence-electron chi connectivity index (χ0n) is 15.6. The molecule has 1 aliphatic heterocycles. The molecule has 142 valence electrons. The Hall–Kier alpha value is -2.10. The normalized spacial score (nSPS) is 14.7. The highest BCUT2D eigenvalue weighted by atomic mass is 32.1. The average Bonchev–Trinajstić information content (AvgIpc) is 3.24. The van der Waals surface area contributed by atoms with Gasteiger partial charge in [0, 0.05) is 36.6 Å². The summed E-state index contributed by atoms with van der Waals surface area (Å²) in [5, 5.41) is 13.1. The van der Waals surface area contributed by atoms with Crippen LogP contribution < -0.4 is 11.1 Å². The molecule has 3 N–H and O–H groups in total. The summed E-state index contributed by atoms with van der Waals surface area (Å²) in [7, 11) is 0. The van der Waals surface area contributed by atoms with Crippen LogP contribution in [0.1, 0.15) is 46.7 Å². The molecule has 3 aromatic heterocycles. The van der Waals surface area contributed by atoms with Crippen molar-refractivity contribution < 1.29 is 4.79 Å². The van der Waals surface area contributed by atoms with Crippen molar-refractivity contribution in [3.05, 3.63) is 27.2 Å². The van der Waals surface area contributed by atoms with Gasteiger partial charge in [-0.1, -0.05) is 18.3 Å². The summed E-state index contributed by atoms with van der Waals surface area (Å²) >= 11 is 2.72. The molecule has 0 saturated heterocycles. The van der Waals surface area contributed by atoms with E-state index in [1.54, 1.807) is 0 Å². The number of nitrogens with zero attached hydrogens (tertiary/aromatic N) is 4. The van der Waals surface area contributed by atoms with Crippen molar-refractivity contribution in [1.82, 2.24) is 20.1 Å². The molecule has 4 rings (SSSR count). The molecule has 0 radical (unpaired) electrons. The van der Waals surface area contributed by atoms with Gasteiger partial charge < -0.3 is 5.73 Å². The number of carbonyl (C=O) groups is 1. The maximum absolute atomic E-state index is 12.7. The first-order valence-electron chi connectivity index (χ1n) is 9.04. The number of thiophene rings is 1. The molecule has 7 nitrogen and oxygen atoms in total. The minimum Gasteiger partial charge on any atom is -0.397 e. The van der Waals surface area contributed by atoms with Gasteiger partial charge in [-0.15, -0.1) is 21.5 Å². The number of hydrogen-bond donors (Lipinski definition) is 2. The summed E-state index contributed by atoms with van der Waals surface area (Å²) in [6.45, 7) is 8.29. The first-order valence-corrected chi connectivity index (χ1v) is 10.7. The monoisotopic (exact) mass is 402 g/mol. The van der Waals surface area contributed by atoms with E-state index in [0.29, 0.717) is 21.7 Å². The summed E-state index contributed by atoms with van der Waals surface area (Å²) in [4.78, 5) is 21.2. The number of fused-ring (bicyclic) bond motifs is 2. The van der Waals surface area contributed by atoms with Crippen molar-refractivity contribution in [2.24, 2.45) is 0 Å². The molecule has 9 heteroatoms. The maximum atomic E-state index is 12.7. The van der Waals surface area contributed by atoms with E-state index in [9.17, 15) is 4.79 Å². The summed E-state index contributed by atoms with van der Waals surface area (Å²) in [5.41, 5.74) is 9.13. The average molecular weight is 403 g/mol. The van der Waals surface area contributed by atoms with Crippen molar-refractivity contribution in [2.75, 3.05) is 17.6 Å². The Bertz CT molecular complexity index is 1010. The first-order chi connectivity index (χ1) is 13.0. The Morgan fingerprint density at radius 3 is 2.89 bits per heavy atom. The molecule has 4 heterocycles. The van der Waals surface area contributed by atoms with Crippen LogP contribution in [0.3, 0.4) is 0 Å². The third-order valence-electron chi connectivity index (χ3n) is 4.83. The van der Waals surface area contributed by atoms with E-state index in [1.165, 1.54) is 28.2 Å². The molecule has 0 aromatic carbocycles. The van der Waals surface area contributed by atoms with E-state index >= 15 is 0 Å². The first kappa shape index (κ1) is 18.3. The summed E-state index contributed by atoms with van der Waals surface area (Å²) in [6, 6.07) is 2.60. The molecule has 1 amide bonds. The molecular weight excluding hydrogens is 380 g/mol. The van der Waals surface area contributed by atoms with Crippen LogP contribution in [0.25, 0.3) is 10.2 Å². The number of aromatic nitrogens is 3. The Morgan fingerprint density at radius 2 is 2.19 bits per heavy atom. The number of nitrogens with one attached hydrogen (secondary N) is 1. The molecule has 1 aliphatic rings. The van der Waals surface area contributed by atoms with Crippen LogP contribution in [-0.4, -0.2) is 38.6 Å². The molecule has 0 saturated carbocycles. The fraction of sp³-hybridized carbons (Fsp3) is 0.444. The van der Waals surface area contributed by atoms with Gasteiger partial charge in [0.05, 0.1) is 5.69 Å². The zero-order valence-corrected chi connectivity index (χ0v) is 17.2. The van der Waals surface area contributed by atoms with Crippen molar-refractivity contribution >= 4 is 49.6 Å². The maximum Gasteiger partial charge on any atom is 0.269 e. The third-order valence-corrected chi connectivity index (χ3v) is 6.92. The lowest BCUT2D eigenvalue weighted by Gasteiger charge is -2.31. The van der Waals surface area contributed by atoms with E-state index in [1.807, 2.05) is 6.92 Å². The number of anilines is 2. The number of nitrogen functional groups attached to an aromatic ring is 1. The molecule has 0 fully saturated rings. The minimum absolute atomic E-state index is 0.254. The van der Waals surface area contributed by atoms with Crippen molar-refractivity contribution in [1.29, 1.82) is 0 Å². The fourth-order valence-corrected chi connectivity index (χ4v) is 4.90. The Labute approximate surface area is 165 Å². The van der Waals surface area contributed by atoms with Crippen LogP contribution in [0.5, 0.6) is 0 Å². The topological polar surface area (TPSA) is 97.0 Å². The molecular formula is C18H22N6OS2. The number of amides is 1. The highest BCUT2D eigenvalue weighted by Crippen LogP contribution is 2.35. The van der Waals surface area contributed by atoms with Crippen LogP contribution in [0.15, 0.2) is 6.07 Å². The molecule has 0 atom stereocenters. The van der Waals surface area contributed by atoms with Crippen LogP contribution in [0, 0.1) is 0 Å². The molecule has 0 unspecified atom stereocenters. The second kappa shape index (κ2) is 7.14. The lowest BCUT2D eigenvalue weighted by Crippen LogP contribution is -2.36. The van der Waals surface area contributed by atoms with Crippen molar-refractivity contribution in [3.63, 3.8) is 0 Å². The molecule has 0 spiro atoms. The predicted octanol–water partition coefficient (Wildman–Crippen LogP) is 3.31. The van der Waals surface area contributed by atoms with E-state index in [-0.39, 0.29) is 5.91 Å². The van der Waals surface area contributed by atoms with E-state index < -0.39 is 0 Å². The Balaban J connectivity index is 1.64. The molecule has 3 aromatic rings. The van der Waals surface area contributed by atoms with Gasteiger partial charge in [-0.05, 0) is 31.9 Å². The second-order valence-electron chi connectivity index (χ2n) is 6.91. The van der Waals surface area contributed by atoms with Gasteiger partial charge in [0.15, 0.2) is 0 Å². The standard InChI is InChI=1S/C18H22N6OS2/c1-4-13-22-23-18(26-13)21-16(25)15-14(19)11-7-10-8-24(9(2)3)6-5-12(10)20-17(11)27-15/h7,9H,4-6,8,19H2,1-3H3,(H,21,23,25). The number of hydrogen-bond acceptors (Lipinski definition) is 8. The van der Waals surface area contributed by atoms with Gasteiger partial charge in [-0.3, -0.25) is 15.0 Å². The van der Waals surface area contributed by atoms with E-state index in [0.717, 1.165) is 46.8 Å². The van der Waals surface area contributed by atoms with Crippen LogP contribution >= 0.6 is 22.7 Å². The van der Waals surface area contributed by atoms with Gasteiger partial charge in [-0.2, -0.15) is 0 Å². The summed E-state index contributed by atoms with van der Waals surface area (Å²) < 4.78 is 0. The molecule has 0 aliphatic carbocycles. The number of aryl methyl sites for hydroxylation is 1. The number of rotatable bonds is 4.